The highest BCUT2D eigenvalue weighted by molar-refractivity contribution is 5.94. The second-order valence-electron chi connectivity index (χ2n) is 8.96. The average molecular weight is 479 g/mol. The van der Waals surface area contributed by atoms with Crippen LogP contribution >= 0.6 is 0 Å². The van der Waals surface area contributed by atoms with E-state index < -0.39 is 54.0 Å². The molecule has 2 rings (SSSR count). The van der Waals surface area contributed by atoms with E-state index in [0.717, 1.165) is 10.5 Å². The number of carbonyl (C=O) groups excluding carboxylic acids is 3. The number of phenolic OH excluding ortho intramolecular Hbond substituents is 1. The van der Waals surface area contributed by atoms with Crippen molar-refractivity contribution in [3.63, 3.8) is 0 Å². The number of carbonyl (C=O) groups is 4. The van der Waals surface area contributed by atoms with Gasteiger partial charge in [0.2, 0.25) is 17.7 Å². The number of rotatable bonds is 10. The van der Waals surface area contributed by atoms with Crippen LogP contribution in [-0.4, -0.2) is 80.7 Å². The molecule has 0 saturated carbocycles. The normalized spacial score (nSPS) is 19.2. The van der Waals surface area contributed by atoms with E-state index in [1.54, 1.807) is 26.0 Å². The van der Waals surface area contributed by atoms with Crippen LogP contribution in [0.5, 0.6) is 5.75 Å². The molecule has 1 aliphatic heterocycles. The molecule has 1 fully saturated rings. The van der Waals surface area contributed by atoms with Crippen molar-refractivity contribution < 1.29 is 34.5 Å². The summed E-state index contributed by atoms with van der Waals surface area (Å²) in [5.41, 5.74) is 6.72. The Hall–Kier alpha value is -3.18. The van der Waals surface area contributed by atoms with Gasteiger partial charge in [0.1, 0.15) is 23.9 Å². The number of aromatic hydroxyl groups is 1. The lowest BCUT2D eigenvalue weighted by Gasteiger charge is -2.31. The number of hydrogen-bond acceptors (Lipinski definition) is 7. The van der Waals surface area contributed by atoms with Gasteiger partial charge in [-0.2, -0.15) is 0 Å². The average Bonchev–Trinajstić information content (AvgIpc) is 3.26. The monoisotopic (exact) mass is 478 g/mol. The first kappa shape index (κ1) is 27.1. The van der Waals surface area contributed by atoms with Crippen LogP contribution in [0, 0.1) is 5.92 Å². The number of carboxylic acids is 1. The summed E-state index contributed by atoms with van der Waals surface area (Å²) in [5, 5.41) is 34.0. The third-order valence-electron chi connectivity index (χ3n) is 5.84. The van der Waals surface area contributed by atoms with E-state index in [0.29, 0.717) is 12.8 Å². The van der Waals surface area contributed by atoms with E-state index in [2.05, 4.69) is 10.6 Å². The summed E-state index contributed by atoms with van der Waals surface area (Å²) in [6, 6.07) is 1.85. The Morgan fingerprint density at radius 3 is 2.18 bits per heavy atom. The van der Waals surface area contributed by atoms with Gasteiger partial charge in [-0.25, -0.2) is 4.79 Å². The second kappa shape index (κ2) is 11.8. The smallest absolute Gasteiger partial charge is 0.326 e. The van der Waals surface area contributed by atoms with Gasteiger partial charge in [-0.1, -0.05) is 26.0 Å². The Morgan fingerprint density at radius 2 is 1.65 bits per heavy atom. The maximum atomic E-state index is 13.0. The Morgan fingerprint density at radius 1 is 1.06 bits per heavy atom. The van der Waals surface area contributed by atoms with Crippen LogP contribution in [0.2, 0.25) is 0 Å². The van der Waals surface area contributed by atoms with Crippen molar-refractivity contribution in [2.45, 2.75) is 70.3 Å². The fourth-order valence-corrected chi connectivity index (χ4v) is 3.87. The number of likely N-dealkylation sites (tertiary alicyclic amines) is 1. The number of nitrogens with zero attached hydrogens (tertiary/aromatic N) is 1. The number of benzene rings is 1. The zero-order chi connectivity index (χ0) is 25.6. The molecule has 11 heteroatoms. The van der Waals surface area contributed by atoms with Crippen molar-refractivity contribution in [1.29, 1.82) is 0 Å². The fourth-order valence-electron chi connectivity index (χ4n) is 3.87. The molecule has 1 aromatic rings. The van der Waals surface area contributed by atoms with Crippen LogP contribution < -0.4 is 16.4 Å². The van der Waals surface area contributed by atoms with E-state index in [9.17, 15) is 34.5 Å². The molecule has 34 heavy (non-hydrogen) atoms. The zero-order valence-electron chi connectivity index (χ0n) is 19.6. The van der Waals surface area contributed by atoms with Crippen molar-refractivity contribution in [3.8, 4) is 5.75 Å². The number of nitrogens with one attached hydrogen (secondary N) is 2. The molecule has 11 nitrogen and oxygen atoms in total. The molecule has 0 aliphatic carbocycles. The van der Waals surface area contributed by atoms with Crippen molar-refractivity contribution >= 4 is 23.7 Å². The summed E-state index contributed by atoms with van der Waals surface area (Å²) in [7, 11) is 0. The predicted octanol–water partition coefficient (Wildman–Crippen LogP) is -0.656. The molecule has 5 atom stereocenters. The first-order chi connectivity index (χ1) is 15.9. The van der Waals surface area contributed by atoms with E-state index in [1.165, 1.54) is 19.1 Å². The van der Waals surface area contributed by atoms with Gasteiger partial charge in [-0.3, -0.25) is 14.4 Å². The first-order valence-corrected chi connectivity index (χ1v) is 11.3. The second-order valence-corrected chi connectivity index (χ2v) is 8.96. The highest BCUT2D eigenvalue weighted by Gasteiger charge is 2.40. The summed E-state index contributed by atoms with van der Waals surface area (Å²) < 4.78 is 0. The molecular formula is C23H34N4O7. The van der Waals surface area contributed by atoms with E-state index in [4.69, 9.17) is 5.73 Å². The minimum absolute atomic E-state index is 0.0872. The predicted molar refractivity (Wildman–Crippen MR) is 123 cm³/mol. The summed E-state index contributed by atoms with van der Waals surface area (Å²) in [6.07, 6.45) is -0.302. The van der Waals surface area contributed by atoms with E-state index >= 15 is 0 Å². The minimum Gasteiger partial charge on any atom is -0.508 e. The van der Waals surface area contributed by atoms with Crippen molar-refractivity contribution in [3.05, 3.63) is 29.8 Å². The lowest BCUT2D eigenvalue weighted by molar-refractivity contribution is -0.150. The molecule has 0 bridgehead atoms. The fraction of sp³-hybridized carbons (Fsp3) is 0.565. The SMILES string of the molecule is CC(C)C(NC(=O)C(N)Cc1ccc(O)cc1)C(=O)NC(C(=O)N1CCCC1C(=O)O)C(C)O. The molecule has 5 unspecified atom stereocenters. The van der Waals surface area contributed by atoms with Crippen molar-refractivity contribution in [1.82, 2.24) is 15.5 Å². The Labute approximate surface area is 198 Å². The lowest BCUT2D eigenvalue weighted by atomic mass is 10.0. The molecule has 3 amide bonds. The van der Waals surface area contributed by atoms with Gasteiger partial charge < -0.3 is 36.6 Å². The Kier molecular flexibility index (Phi) is 9.39. The molecule has 188 valence electrons. The number of amides is 3. The molecule has 1 aromatic carbocycles. The summed E-state index contributed by atoms with van der Waals surface area (Å²) in [4.78, 5) is 51.2. The third kappa shape index (κ3) is 6.91. The number of nitrogens with two attached hydrogens (primary N) is 1. The quantitative estimate of drug-likeness (QED) is 0.256. The van der Waals surface area contributed by atoms with Crippen LogP contribution in [0.4, 0.5) is 0 Å². The number of phenols is 1. The van der Waals surface area contributed by atoms with E-state index in [1.807, 2.05) is 0 Å². The van der Waals surface area contributed by atoms with Gasteiger partial charge >= 0.3 is 5.97 Å². The molecule has 0 radical (unpaired) electrons. The number of hydrogen-bond donors (Lipinski definition) is 6. The molecule has 1 heterocycles. The molecule has 1 aliphatic rings. The van der Waals surface area contributed by atoms with Crippen LogP contribution in [0.3, 0.4) is 0 Å². The molecular weight excluding hydrogens is 444 g/mol. The van der Waals surface area contributed by atoms with Gasteiger partial charge in [-0.05, 0) is 49.8 Å². The molecule has 0 spiro atoms. The third-order valence-corrected chi connectivity index (χ3v) is 5.84. The lowest BCUT2D eigenvalue weighted by Crippen LogP contribution is -2.61. The standard InChI is InChI=1S/C23H34N4O7/c1-12(2)18(25-20(30)16(24)11-14-6-8-15(29)9-7-14)21(31)26-19(13(3)28)22(32)27-10-4-5-17(27)23(33)34/h6-9,12-13,16-19,28-29H,4-5,10-11,24H2,1-3H3,(H,25,30)(H,26,31)(H,33,34). The largest absolute Gasteiger partial charge is 0.508 e. The van der Waals surface area contributed by atoms with Crippen LogP contribution in [0.25, 0.3) is 0 Å². The summed E-state index contributed by atoms with van der Waals surface area (Å²) in [6.45, 7) is 4.95. The van der Waals surface area contributed by atoms with Gasteiger partial charge in [0.25, 0.3) is 0 Å². The van der Waals surface area contributed by atoms with Crippen molar-refractivity contribution in [2.75, 3.05) is 6.54 Å². The van der Waals surface area contributed by atoms with Gasteiger partial charge in [0.15, 0.2) is 0 Å². The van der Waals surface area contributed by atoms with Crippen molar-refractivity contribution in [2.24, 2.45) is 11.7 Å². The minimum atomic E-state index is -1.36. The van der Waals surface area contributed by atoms with Gasteiger partial charge in [-0.15, -0.1) is 0 Å². The molecule has 0 aromatic heterocycles. The van der Waals surface area contributed by atoms with Crippen LogP contribution in [0.1, 0.15) is 39.2 Å². The van der Waals surface area contributed by atoms with Crippen LogP contribution in [-0.2, 0) is 25.6 Å². The maximum Gasteiger partial charge on any atom is 0.326 e. The number of aliphatic hydroxyl groups is 1. The molecule has 7 N–H and O–H groups in total. The van der Waals surface area contributed by atoms with Crippen LogP contribution in [0.15, 0.2) is 24.3 Å². The molecule has 1 saturated heterocycles. The van der Waals surface area contributed by atoms with Gasteiger partial charge in [0, 0.05) is 6.54 Å². The maximum absolute atomic E-state index is 13.0. The zero-order valence-corrected chi connectivity index (χ0v) is 19.6. The Bertz CT molecular complexity index is 888. The number of aliphatic hydroxyl groups excluding tert-OH is 1. The highest BCUT2D eigenvalue weighted by Crippen LogP contribution is 2.19. The topological polar surface area (TPSA) is 182 Å². The number of aliphatic carboxylic acids is 1. The first-order valence-electron chi connectivity index (χ1n) is 11.3. The Balaban J connectivity index is 2.07. The number of carboxylic acid groups (broad SMARTS) is 1. The highest BCUT2D eigenvalue weighted by atomic mass is 16.4. The van der Waals surface area contributed by atoms with E-state index in [-0.39, 0.29) is 24.6 Å². The summed E-state index contributed by atoms with van der Waals surface area (Å²) >= 11 is 0. The summed E-state index contributed by atoms with van der Waals surface area (Å²) in [5.74, 6) is -3.38. The van der Waals surface area contributed by atoms with Gasteiger partial charge in [0.05, 0.1) is 12.1 Å².